The van der Waals surface area contributed by atoms with Crippen molar-refractivity contribution >= 4 is 5.82 Å². The zero-order chi connectivity index (χ0) is 14.7. The highest BCUT2D eigenvalue weighted by molar-refractivity contribution is 5.72. The molecule has 20 heavy (non-hydrogen) atoms. The lowest BCUT2D eigenvalue weighted by molar-refractivity contribution is 0.242. The van der Waals surface area contributed by atoms with Gasteiger partial charge in [-0.2, -0.15) is 0 Å². The van der Waals surface area contributed by atoms with Crippen LogP contribution in [0.25, 0.3) is 11.3 Å². The molecule has 0 aliphatic rings. The Bertz CT molecular complexity index is 590. The summed E-state index contributed by atoms with van der Waals surface area (Å²) in [5, 5.41) is 0. The first-order valence-corrected chi connectivity index (χ1v) is 6.92. The SMILES string of the molecule is CCCc1nc(-c2cccc(OC(C)C)c2)c(N)n1N. The number of aromatic nitrogens is 2. The van der Waals surface area contributed by atoms with Crippen LogP contribution in [-0.4, -0.2) is 15.8 Å². The van der Waals surface area contributed by atoms with E-state index in [0.29, 0.717) is 11.5 Å². The van der Waals surface area contributed by atoms with Crippen molar-refractivity contribution in [2.45, 2.75) is 39.7 Å². The summed E-state index contributed by atoms with van der Waals surface area (Å²) in [6.45, 7) is 6.08. The van der Waals surface area contributed by atoms with Gasteiger partial charge in [0.15, 0.2) is 5.82 Å². The lowest BCUT2D eigenvalue weighted by atomic mass is 10.1. The molecule has 5 nitrogen and oxygen atoms in total. The second-order valence-electron chi connectivity index (χ2n) is 5.08. The van der Waals surface area contributed by atoms with Crippen LogP contribution >= 0.6 is 0 Å². The van der Waals surface area contributed by atoms with Crippen LogP contribution in [0.1, 0.15) is 33.0 Å². The number of hydrogen-bond acceptors (Lipinski definition) is 4. The number of nitrogens with zero attached hydrogens (tertiary/aromatic N) is 2. The summed E-state index contributed by atoms with van der Waals surface area (Å²) in [6, 6.07) is 7.75. The standard InChI is InChI=1S/C15H22N4O/c1-4-6-13-18-14(15(16)19(13)17)11-7-5-8-12(9-11)20-10(2)3/h5,7-10H,4,6,16-17H2,1-3H3. The van der Waals surface area contributed by atoms with E-state index < -0.39 is 0 Å². The molecule has 108 valence electrons. The molecular formula is C15H22N4O. The minimum atomic E-state index is 0.130. The lowest BCUT2D eigenvalue weighted by Gasteiger charge is -2.10. The molecule has 2 aromatic rings. The Balaban J connectivity index is 2.38. The largest absolute Gasteiger partial charge is 0.491 e. The molecule has 0 aliphatic carbocycles. The first-order chi connectivity index (χ1) is 9.52. The van der Waals surface area contributed by atoms with Gasteiger partial charge in [0, 0.05) is 12.0 Å². The number of hydrogen-bond donors (Lipinski definition) is 2. The summed E-state index contributed by atoms with van der Waals surface area (Å²) in [5.74, 6) is 8.03. The third-order valence-corrected chi connectivity index (χ3v) is 2.97. The second-order valence-corrected chi connectivity index (χ2v) is 5.08. The first-order valence-electron chi connectivity index (χ1n) is 6.92. The van der Waals surface area contributed by atoms with E-state index in [2.05, 4.69) is 11.9 Å². The average Bonchev–Trinajstić information content (AvgIpc) is 2.67. The molecule has 1 aromatic carbocycles. The fourth-order valence-electron chi connectivity index (χ4n) is 2.09. The van der Waals surface area contributed by atoms with Crippen molar-refractivity contribution in [2.75, 3.05) is 11.6 Å². The summed E-state index contributed by atoms with van der Waals surface area (Å²) in [6.07, 6.45) is 1.91. The number of benzene rings is 1. The van der Waals surface area contributed by atoms with E-state index >= 15 is 0 Å². The molecule has 0 aliphatic heterocycles. The second kappa shape index (κ2) is 5.86. The monoisotopic (exact) mass is 274 g/mol. The third-order valence-electron chi connectivity index (χ3n) is 2.97. The molecule has 4 N–H and O–H groups in total. The molecule has 2 rings (SSSR count). The maximum Gasteiger partial charge on any atom is 0.150 e. The Labute approximate surface area is 119 Å². The fourth-order valence-corrected chi connectivity index (χ4v) is 2.09. The van der Waals surface area contributed by atoms with Gasteiger partial charge in [-0.25, -0.2) is 9.66 Å². The Morgan fingerprint density at radius 1 is 1.35 bits per heavy atom. The van der Waals surface area contributed by atoms with E-state index in [1.807, 2.05) is 38.1 Å². The molecule has 0 radical (unpaired) electrons. The number of nitrogens with two attached hydrogens (primary N) is 2. The molecule has 0 fully saturated rings. The van der Waals surface area contributed by atoms with Gasteiger partial charge in [0.1, 0.15) is 17.3 Å². The molecule has 0 atom stereocenters. The summed E-state index contributed by atoms with van der Waals surface area (Å²) in [4.78, 5) is 4.55. The minimum Gasteiger partial charge on any atom is -0.491 e. The highest BCUT2D eigenvalue weighted by Gasteiger charge is 2.14. The Kier molecular flexibility index (Phi) is 4.17. The van der Waals surface area contributed by atoms with Gasteiger partial charge in [-0.3, -0.25) is 0 Å². The minimum absolute atomic E-state index is 0.130. The van der Waals surface area contributed by atoms with Crippen molar-refractivity contribution in [2.24, 2.45) is 0 Å². The van der Waals surface area contributed by atoms with Gasteiger partial charge in [0.2, 0.25) is 0 Å². The summed E-state index contributed by atoms with van der Waals surface area (Å²) in [7, 11) is 0. The zero-order valence-electron chi connectivity index (χ0n) is 12.3. The van der Waals surface area contributed by atoms with Crippen LogP contribution in [0.15, 0.2) is 24.3 Å². The van der Waals surface area contributed by atoms with Crippen molar-refractivity contribution in [3.05, 3.63) is 30.1 Å². The van der Waals surface area contributed by atoms with Crippen molar-refractivity contribution in [1.29, 1.82) is 0 Å². The molecule has 0 saturated heterocycles. The smallest absolute Gasteiger partial charge is 0.150 e. The number of imidazole rings is 1. The number of ether oxygens (including phenoxy) is 1. The predicted molar refractivity (Wildman–Crippen MR) is 82.0 cm³/mol. The molecule has 0 bridgehead atoms. The van der Waals surface area contributed by atoms with Crippen LogP contribution in [0.2, 0.25) is 0 Å². The van der Waals surface area contributed by atoms with E-state index in [0.717, 1.165) is 30.0 Å². The summed E-state index contributed by atoms with van der Waals surface area (Å²) in [5.41, 5.74) is 7.68. The zero-order valence-corrected chi connectivity index (χ0v) is 12.3. The molecule has 0 unspecified atom stereocenters. The highest BCUT2D eigenvalue weighted by Crippen LogP contribution is 2.28. The Hall–Kier alpha value is -2.17. The van der Waals surface area contributed by atoms with Crippen LogP contribution in [0.4, 0.5) is 5.82 Å². The summed E-state index contributed by atoms with van der Waals surface area (Å²) < 4.78 is 7.16. The van der Waals surface area contributed by atoms with E-state index in [1.54, 1.807) is 0 Å². The van der Waals surface area contributed by atoms with Crippen molar-refractivity contribution in [3.8, 4) is 17.0 Å². The van der Waals surface area contributed by atoms with Gasteiger partial charge >= 0.3 is 0 Å². The van der Waals surface area contributed by atoms with E-state index in [-0.39, 0.29) is 6.10 Å². The van der Waals surface area contributed by atoms with E-state index in [1.165, 1.54) is 4.68 Å². The van der Waals surface area contributed by atoms with Crippen LogP contribution in [0.5, 0.6) is 5.75 Å². The van der Waals surface area contributed by atoms with Crippen molar-refractivity contribution < 1.29 is 4.74 Å². The number of anilines is 1. The van der Waals surface area contributed by atoms with Gasteiger partial charge in [0.05, 0.1) is 6.10 Å². The molecule has 5 heteroatoms. The van der Waals surface area contributed by atoms with Gasteiger partial charge in [-0.05, 0) is 32.4 Å². The fraction of sp³-hybridized carbons (Fsp3) is 0.400. The van der Waals surface area contributed by atoms with Crippen LogP contribution in [0, 0.1) is 0 Å². The normalized spacial score (nSPS) is 11.0. The highest BCUT2D eigenvalue weighted by atomic mass is 16.5. The predicted octanol–water partition coefficient (Wildman–Crippen LogP) is 2.59. The third kappa shape index (κ3) is 2.87. The van der Waals surface area contributed by atoms with Crippen LogP contribution < -0.4 is 16.3 Å². The first kappa shape index (κ1) is 14.2. The van der Waals surface area contributed by atoms with Crippen LogP contribution in [-0.2, 0) is 6.42 Å². The Morgan fingerprint density at radius 3 is 2.75 bits per heavy atom. The number of rotatable bonds is 5. The average molecular weight is 274 g/mol. The molecule has 0 amide bonds. The van der Waals surface area contributed by atoms with Crippen molar-refractivity contribution in [1.82, 2.24) is 9.66 Å². The molecular weight excluding hydrogens is 252 g/mol. The van der Waals surface area contributed by atoms with E-state index in [4.69, 9.17) is 16.3 Å². The quantitative estimate of drug-likeness (QED) is 0.821. The van der Waals surface area contributed by atoms with Crippen LogP contribution in [0.3, 0.4) is 0 Å². The molecule has 0 saturated carbocycles. The topological polar surface area (TPSA) is 79.1 Å². The molecule has 1 aromatic heterocycles. The lowest BCUT2D eigenvalue weighted by Crippen LogP contribution is -2.15. The maximum absolute atomic E-state index is 6.05. The van der Waals surface area contributed by atoms with Gasteiger partial charge in [-0.1, -0.05) is 19.1 Å². The van der Waals surface area contributed by atoms with Gasteiger partial charge < -0.3 is 16.3 Å². The van der Waals surface area contributed by atoms with Gasteiger partial charge in [0.25, 0.3) is 0 Å². The number of aryl methyl sites for hydroxylation is 1. The number of nitrogen functional groups attached to an aromatic ring is 2. The maximum atomic E-state index is 6.05. The van der Waals surface area contributed by atoms with Crippen molar-refractivity contribution in [3.63, 3.8) is 0 Å². The van der Waals surface area contributed by atoms with E-state index in [9.17, 15) is 0 Å². The van der Waals surface area contributed by atoms with Gasteiger partial charge in [-0.15, -0.1) is 0 Å². The Morgan fingerprint density at radius 2 is 2.10 bits per heavy atom. The molecule has 0 spiro atoms. The molecule has 1 heterocycles. The summed E-state index contributed by atoms with van der Waals surface area (Å²) >= 11 is 0.